The van der Waals surface area contributed by atoms with E-state index in [4.69, 9.17) is 5.11 Å². The molecule has 1 heterocycles. The van der Waals surface area contributed by atoms with E-state index < -0.39 is 5.97 Å². The highest BCUT2D eigenvalue weighted by Crippen LogP contribution is 2.28. The molecule has 5 heteroatoms. The third-order valence-corrected chi connectivity index (χ3v) is 4.16. The first kappa shape index (κ1) is 13.5. The summed E-state index contributed by atoms with van der Waals surface area (Å²) in [5.41, 5.74) is 0.701. The van der Waals surface area contributed by atoms with Crippen LogP contribution in [0.3, 0.4) is 0 Å². The molecule has 0 radical (unpaired) electrons. The molecule has 0 saturated carbocycles. The number of aromatic carboxylic acids is 1. The van der Waals surface area contributed by atoms with Gasteiger partial charge >= 0.3 is 5.97 Å². The van der Waals surface area contributed by atoms with Gasteiger partial charge in [-0.2, -0.15) is 0 Å². The van der Waals surface area contributed by atoms with E-state index in [1.165, 1.54) is 11.3 Å². The fourth-order valence-electron chi connectivity index (χ4n) is 1.68. The van der Waals surface area contributed by atoms with Gasteiger partial charge in [-0.1, -0.05) is 13.8 Å². The summed E-state index contributed by atoms with van der Waals surface area (Å²) in [6, 6.07) is 7.06. The average Bonchev–Trinajstić information content (AvgIpc) is 2.81. The van der Waals surface area contributed by atoms with Crippen molar-refractivity contribution in [1.82, 2.24) is 0 Å². The first-order chi connectivity index (χ1) is 9.01. The number of carbonyl (C=O) groups excluding carboxylic acids is 1. The standard InChI is InChI=1S/C14H15NO3S/c1-3-8(2)13(16)15-10-4-5-11-9(6-10)7-12(19-11)14(17)18/h4-8H,3H2,1-2H3,(H,15,16)(H,17,18). The van der Waals surface area contributed by atoms with Gasteiger partial charge in [0.2, 0.25) is 5.91 Å². The second-order valence-electron chi connectivity index (χ2n) is 4.47. The summed E-state index contributed by atoms with van der Waals surface area (Å²) in [5.74, 6) is -0.977. The highest BCUT2D eigenvalue weighted by atomic mass is 32.1. The van der Waals surface area contributed by atoms with E-state index in [2.05, 4.69) is 5.32 Å². The zero-order valence-corrected chi connectivity index (χ0v) is 11.6. The van der Waals surface area contributed by atoms with Gasteiger partial charge in [0.25, 0.3) is 0 Å². The van der Waals surface area contributed by atoms with Crippen molar-refractivity contribution in [3.05, 3.63) is 29.1 Å². The lowest BCUT2D eigenvalue weighted by Crippen LogP contribution is -2.19. The van der Waals surface area contributed by atoms with Gasteiger partial charge in [-0.3, -0.25) is 4.79 Å². The van der Waals surface area contributed by atoms with Crippen molar-refractivity contribution in [1.29, 1.82) is 0 Å². The molecule has 1 atom stereocenters. The lowest BCUT2D eigenvalue weighted by Gasteiger charge is -2.09. The van der Waals surface area contributed by atoms with Crippen LogP contribution in [0, 0.1) is 5.92 Å². The van der Waals surface area contributed by atoms with Gasteiger partial charge < -0.3 is 10.4 Å². The Morgan fingerprint density at radius 2 is 2.11 bits per heavy atom. The van der Waals surface area contributed by atoms with E-state index in [1.807, 2.05) is 19.9 Å². The summed E-state index contributed by atoms with van der Waals surface area (Å²) >= 11 is 1.23. The van der Waals surface area contributed by atoms with Gasteiger partial charge in [0.1, 0.15) is 4.88 Å². The predicted molar refractivity (Wildman–Crippen MR) is 76.9 cm³/mol. The first-order valence-electron chi connectivity index (χ1n) is 6.09. The van der Waals surface area contributed by atoms with Crippen molar-refractivity contribution >= 4 is 39.0 Å². The van der Waals surface area contributed by atoms with Crippen LogP contribution in [0.15, 0.2) is 24.3 Å². The summed E-state index contributed by atoms with van der Waals surface area (Å²) in [4.78, 5) is 23.0. The molecule has 2 N–H and O–H groups in total. The van der Waals surface area contributed by atoms with E-state index in [9.17, 15) is 9.59 Å². The number of carbonyl (C=O) groups is 2. The maximum absolute atomic E-state index is 11.8. The topological polar surface area (TPSA) is 66.4 Å². The fourth-order valence-corrected chi connectivity index (χ4v) is 2.56. The summed E-state index contributed by atoms with van der Waals surface area (Å²) in [7, 11) is 0. The Labute approximate surface area is 115 Å². The summed E-state index contributed by atoms with van der Waals surface area (Å²) in [6.45, 7) is 3.84. The minimum absolute atomic E-state index is 0.0180. The van der Waals surface area contributed by atoms with Gasteiger partial charge in [-0.05, 0) is 36.1 Å². The number of carboxylic acids is 1. The van der Waals surface area contributed by atoms with Gasteiger partial charge in [-0.25, -0.2) is 4.79 Å². The number of hydrogen-bond acceptors (Lipinski definition) is 3. The largest absolute Gasteiger partial charge is 0.477 e. The van der Waals surface area contributed by atoms with E-state index in [0.29, 0.717) is 10.6 Å². The fraction of sp³-hybridized carbons (Fsp3) is 0.286. The lowest BCUT2D eigenvalue weighted by atomic mass is 10.1. The Balaban J connectivity index is 2.26. The molecule has 0 spiro atoms. The van der Waals surface area contributed by atoms with E-state index in [1.54, 1.807) is 18.2 Å². The highest BCUT2D eigenvalue weighted by molar-refractivity contribution is 7.20. The molecule has 100 valence electrons. The van der Waals surface area contributed by atoms with Crippen LogP contribution in [-0.2, 0) is 4.79 Å². The Kier molecular flexibility index (Phi) is 3.85. The average molecular weight is 277 g/mol. The van der Waals surface area contributed by atoms with Crippen molar-refractivity contribution in [3.63, 3.8) is 0 Å². The van der Waals surface area contributed by atoms with E-state index in [0.717, 1.165) is 16.5 Å². The maximum Gasteiger partial charge on any atom is 0.345 e. The molecule has 1 unspecified atom stereocenters. The number of rotatable bonds is 4. The normalized spacial score (nSPS) is 12.3. The number of thiophene rings is 1. The van der Waals surface area contributed by atoms with E-state index >= 15 is 0 Å². The van der Waals surface area contributed by atoms with Crippen molar-refractivity contribution in [2.24, 2.45) is 5.92 Å². The number of fused-ring (bicyclic) bond motifs is 1. The van der Waals surface area contributed by atoms with Gasteiger partial charge in [0.05, 0.1) is 0 Å². The molecule has 19 heavy (non-hydrogen) atoms. The molecule has 2 aromatic rings. The number of benzene rings is 1. The molecule has 0 fully saturated rings. The molecule has 1 aromatic carbocycles. The van der Waals surface area contributed by atoms with Crippen LogP contribution < -0.4 is 5.32 Å². The van der Waals surface area contributed by atoms with E-state index in [-0.39, 0.29) is 11.8 Å². The Bertz CT molecular complexity index is 633. The third kappa shape index (κ3) is 2.93. The molecule has 0 bridgehead atoms. The summed E-state index contributed by atoms with van der Waals surface area (Å²) in [6.07, 6.45) is 0.787. The van der Waals surface area contributed by atoms with Crippen molar-refractivity contribution in [2.45, 2.75) is 20.3 Å². The molecule has 0 aliphatic rings. The number of nitrogens with one attached hydrogen (secondary N) is 1. The molecule has 0 saturated heterocycles. The van der Waals surface area contributed by atoms with Crippen molar-refractivity contribution in [2.75, 3.05) is 5.32 Å². The van der Waals surface area contributed by atoms with Crippen LogP contribution in [0.5, 0.6) is 0 Å². The number of anilines is 1. The molecule has 1 amide bonds. The smallest absolute Gasteiger partial charge is 0.345 e. The van der Waals surface area contributed by atoms with Crippen LogP contribution >= 0.6 is 11.3 Å². The lowest BCUT2D eigenvalue weighted by molar-refractivity contribution is -0.119. The third-order valence-electron chi connectivity index (χ3n) is 3.05. The monoisotopic (exact) mass is 277 g/mol. The zero-order chi connectivity index (χ0) is 14.0. The van der Waals surface area contributed by atoms with Crippen LogP contribution in [0.25, 0.3) is 10.1 Å². The Morgan fingerprint density at radius 1 is 1.37 bits per heavy atom. The van der Waals surface area contributed by atoms with Crippen molar-refractivity contribution in [3.8, 4) is 0 Å². The van der Waals surface area contributed by atoms with Gasteiger partial charge in [0, 0.05) is 16.3 Å². The van der Waals surface area contributed by atoms with Crippen molar-refractivity contribution < 1.29 is 14.7 Å². The second kappa shape index (κ2) is 5.40. The summed E-state index contributed by atoms with van der Waals surface area (Å²) < 4.78 is 0.902. The molecule has 0 aliphatic carbocycles. The Hall–Kier alpha value is -1.88. The zero-order valence-electron chi connectivity index (χ0n) is 10.8. The molecular formula is C14H15NO3S. The number of hydrogen-bond donors (Lipinski definition) is 2. The van der Waals surface area contributed by atoms with Crippen LogP contribution in [0.1, 0.15) is 29.9 Å². The van der Waals surface area contributed by atoms with Gasteiger partial charge in [0.15, 0.2) is 0 Å². The number of carboxylic acid groups (broad SMARTS) is 1. The predicted octanol–water partition coefficient (Wildman–Crippen LogP) is 3.58. The molecule has 1 aromatic heterocycles. The minimum Gasteiger partial charge on any atom is -0.477 e. The van der Waals surface area contributed by atoms with Crippen LogP contribution in [0.2, 0.25) is 0 Å². The molecule has 2 rings (SSSR count). The van der Waals surface area contributed by atoms with Crippen LogP contribution in [0.4, 0.5) is 5.69 Å². The SMILES string of the molecule is CCC(C)C(=O)Nc1ccc2sc(C(=O)O)cc2c1. The first-order valence-corrected chi connectivity index (χ1v) is 6.90. The minimum atomic E-state index is -0.925. The maximum atomic E-state index is 11.8. The molecule has 4 nitrogen and oxygen atoms in total. The number of amides is 1. The quantitative estimate of drug-likeness (QED) is 0.897. The molecular weight excluding hydrogens is 262 g/mol. The summed E-state index contributed by atoms with van der Waals surface area (Å²) in [5, 5.41) is 12.6. The van der Waals surface area contributed by atoms with Gasteiger partial charge in [-0.15, -0.1) is 11.3 Å². The van der Waals surface area contributed by atoms with Crippen LogP contribution in [-0.4, -0.2) is 17.0 Å². The Morgan fingerprint density at radius 3 is 2.74 bits per heavy atom. The second-order valence-corrected chi connectivity index (χ2v) is 5.55. The molecule has 0 aliphatic heterocycles. The highest BCUT2D eigenvalue weighted by Gasteiger charge is 2.12.